The number of thioether (sulfide) groups is 1. The van der Waals surface area contributed by atoms with Crippen molar-refractivity contribution in [3.8, 4) is 22.8 Å². The summed E-state index contributed by atoms with van der Waals surface area (Å²) in [5.41, 5.74) is 2.90. The van der Waals surface area contributed by atoms with Crippen LogP contribution in [0.4, 0.5) is 0 Å². The second-order valence-corrected chi connectivity index (χ2v) is 8.24. The van der Waals surface area contributed by atoms with Crippen molar-refractivity contribution in [1.82, 2.24) is 19.7 Å². The SMILES string of the molecule is COc1ccccc1-c1nnc(SCC(=O)N(C)Cc2ccco2)n1-c1ccc(C)cc1. The number of furan rings is 1. The molecule has 0 spiro atoms. The summed E-state index contributed by atoms with van der Waals surface area (Å²) >= 11 is 1.35. The first kappa shape index (κ1) is 21.7. The number of carbonyl (C=O) groups is 1. The highest BCUT2D eigenvalue weighted by atomic mass is 32.2. The van der Waals surface area contributed by atoms with Crippen LogP contribution < -0.4 is 4.74 Å². The van der Waals surface area contributed by atoms with E-state index in [0.717, 1.165) is 22.6 Å². The molecule has 1 amide bonds. The third-order valence-electron chi connectivity index (χ3n) is 5.00. The summed E-state index contributed by atoms with van der Waals surface area (Å²) in [4.78, 5) is 14.3. The molecular weight excluding hydrogens is 424 g/mol. The van der Waals surface area contributed by atoms with Crippen LogP contribution in [0.5, 0.6) is 5.75 Å². The van der Waals surface area contributed by atoms with Gasteiger partial charge in [-0.1, -0.05) is 41.6 Å². The number of methoxy groups -OCH3 is 1. The molecule has 0 aliphatic rings. The summed E-state index contributed by atoms with van der Waals surface area (Å²) in [5.74, 6) is 2.31. The molecule has 4 aromatic rings. The smallest absolute Gasteiger partial charge is 0.233 e. The van der Waals surface area contributed by atoms with Crippen LogP contribution in [0.2, 0.25) is 0 Å². The molecule has 8 heteroatoms. The highest BCUT2D eigenvalue weighted by Gasteiger charge is 2.20. The van der Waals surface area contributed by atoms with Crippen LogP contribution in [-0.2, 0) is 11.3 Å². The van der Waals surface area contributed by atoms with Crippen LogP contribution >= 0.6 is 11.8 Å². The number of aromatic nitrogens is 3. The van der Waals surface area contributed by atoms with E-state index in [1.54, 1.807) is 25.3 Å². The Kier molecular flexibility index (Phi) is 6.61. The third kappa shape index (κ3) is 4.70. The van der Waals surface area contributed by atoms with Crippen LogP contribution in [0.1, 0.15) is 11.3 Å². The lowest BCUT2D eigenvalue weighted by molar-refractivity contribution is -0.127. The van der Waals surface area contributed by atoms with Crippen molar-refractivity contribution in [1.29, 1.82) is 0 Å². The van der Waals surface area contributed by atoms with Crippen molar-refractivity contribution < 1.29 is 13.9 Å². The van der Waals surface area contributed by atoms with Crippen molar-refractivity contribution >= 4 is 17.7 Å². The van der Waals surface area contributed by atoms with Crippen LogP contribution in [0.25, 0.3) is 17.1 Å². The highest BCUT2D eigenvalue weighted by molar-refractivity contribution is 7.99. The van der Waals surface area contributed by atoms with Crippen molar-refractivity contribution in [3.63, 3.8) is 0 Å². The fourth-order valence-corrected chi connectivity index (χ4v) is 4.15. The number of para-hydroxylation sites is 1. The molecule has 0 aliphatic carbocycles. The molecule has 4 rings (SSSR count). The Hall–Kier alpha value is -3.52. The van der Waals surface area contributed by atoms with E-state index in [2.05, 4.69) is 10.2 Å². The fourth-order valence-electron chi connectivity index (χ4n) is 3.25. The summed E-state index contributed by atoms with van der Waals surface area (Å²) in [6.07, 6.45) is 1.60. The molecule has 2 aromatic heterocycles. The Morgan fingerprint density at radius 1 is 1.09 bits per heavy atom. The standard InChI is InChI=1S/C24H24N4O3S/c1-17-10-12-18(13-11-17)28-23(20-8-4-5-9-21(20)30-3)25-26-24(28)32-16-22(29)27(2)15-19-7-6-14-31-19/h4-14H,15-16H2,1-3H3. The van der Waals surface area contributed by atoms with E-state index in [9.17, 15) is 4.79 Å². The van der Waals surface area contributed by atoms with E-state index in [4.69, 9.17) is 9.15 Å². The van der Waals surface area contributed by atoms with Gasteiger partial charge in [0, 0.05) is 12.7 Å². The predicted octanol–water partition coefficient (Wildman–Crippen LogP) is 4.60. The number of ether oxygens (including phenoxy) is 1. The molecule has 0 N–H and O–H groups in total. The first-order valence-corrected chi connectivity index (χ1v) is 11.1. The Balaban J connectivity index is 1.62. The number of amides is 1. The molecule has 32 heavy (non-hydrogen) atoms. The number of nitrogens with zero attached hydrogens (tertiary/aromatic N) is 4. The number of hydrogen-bond donors (Lipinski definition) is 0. The summed E-state index contributed by atoms with van der Waals surface area (Å²) in [6.45, 7) is 2.46. The molecule has 0 fully saturated rings. The van der Waals surface area contributed by atoms with Gasteiger partial charge in [0.15, 0.2) is 11.0 Å². The number of carbonyl (C=O) groups excluding carboxylic acids is 1. The quantitative estimate of drug-likeness (QED) is 0.367. The van der Waals surface area contributed by atoms with Crippen molar-refractivity contribution in [2.24, 2.45) is 0 Å². The number of hydrogen-bond acceptors (Lipinski definition) is 6. The minimum Gasteiger partial charge on any atom is -0.496 e. The first-order chi connectivity index (χ1) is 15.6. The molecular formula is C24H24N4O3S. The van der Waals surface area contributed by atoms with Gasteiger partial charge in [-0.15, -0.1) is 10.2 Å². The van der Waals surface area contributed by atoms with Crippen molar-refractivity contribution in [2.75, 3.05) is 19.9 Å². The lowest BCUT2D eigenvalue weighted by Crippen LogP contribution is -2.27. The molecule has 2 aromatic carbocycles. The van der Waals surface area contributed by atoms with E-state index in [0.29, 0.717) is 23.3 Å². The second kappa shape index (κ2) is 9.74. The van der Waals surface area contributed by atoms with Gasteiger partial charge >= 0.3 is 0 Å². The zero-order valence-corrected chi connectivity index (χ0v) is 19.0. The summed E-state index contributed by atoms with van der Waals surface area (Å²) in [7, 11) is 3.39. The number of rotatable bonds is 8. The van der Waals surface area contributed by atoms with Crippen molar-refractivity contribution in [3.05, 3.63) is 78.3 Å². The molecule has 0 radical (unpaired) electrons. The maximum absolute atomic E-state index is 12.7. The summed E-state index contributed by atoms with van der Waals surface area (Å²) in [5, 5.41) is 9.49. The van der Waals surface area contributed by atoms with Gasteiger partial charge in [0.05, 0.1) is 31.2 Å². The lowest BCUT2D eigenvalue weighted by Gasteiger charge is -2.16. The molecule has 164 valence electrons. The Bertz CT molecular complexity index is 1190. The molecule has 0 saturated heterocycles. The summed E-state index contributed by atoms with van der Waals surface area (Å²) < 4.78 is 12.8. The Labute approximate surface area is 191 Å². The first-order valence-electron chi connectivity index (χ1n) is 10.1. The van der Waals surface area contributed by atoms with Gasteiger partial charge in [0.2, 0.25) is 5.91 Å². The van der Waals surface area contributed by atoms with Gasteiger partial charge in [-0.25, -0.2) is 0 Å². The minimum absolute atomic E-state index is 0.0244. The largest absolute Gasteiger partial charge is 0.496 e. The molecule has 7 nitrogen and oxygen atoms in total. The van der Waals surface area contributed by atoms with E-state index < -0.39 is 0 Å². The molecule has 0 atom stereocenters. The third-order valence-corrected chi connectivity index (χ3v) is 5.91. The average molecular weight is 449 g/mol. The van der Waals surface area contributed by atoms with Gasteiger partial charge in [-0.05, 0) is 43.3 Å². The molecule has 0 aliphatic heterocycles. The van der Waals surface area contributed by atoms with Gasteiger partial charge in [-0.3, -0.25) is 9.36 Å². The second-order valence-electron chi connectivity index (χ2n) is 7.30. The average Bonchev–Trinajstić information content (AvgIpc) is 3.48. The number of benzene rings is 2. The van der Waals surface area contributed by atoms with Crippen LogP contribution in [0.15, 0.2) is 76.5 Å². The van der Waals surface area contributed by atoms with E-state index >= 15 is 0 Å². The van der Waals surface area contributed by atoms with Gasteiger partial charge in [-0.2, -0.15) is 0 Å². The molecule has 0 bridgehead atoms. The van der Waals surface area contributed by atoms with Crippen LogP contribution in [-0.4, -0.2) is 45.5 Å². The lowest BCUT2D eigenvalue weighted by atomic mass is 10.1. The topological polar surface area (TPSA) is 73.4 Å². The van der Waals surface area contributed by atoms with Crippen molar-refractivity contribution in [2.45, 2.75) is 18.6 Å². The Morgan fingerprint density at radius 3 is 2.59 bits per heavy atom. The normalized spacial score (nSPS) is 10.8. The predicted molar refractivity (Wildman–Crippen MR) is 124 cm³/mol. The number of aryl methyl sites for hydroxylation is 1. The maximum Gasteiger partial charge on any atom is 0.233 e. The van der Waals surface area contributed by atoms with E-state index in [-0.39, 0.29) is 11.7 Å². The zero-order valence-electron chi connectivity index (χ0n) is 18.2. The Morgan fingerprint density at radius 2 is 1.88 bits per heavy atom. The minimum atomic E-state index is -0.0244. The van der Waals surface area contributed by atoms with Crippen LogP contribution in [0, 0.1) is 6.92 Å². The van der Waals surface area contributed by atoms with Crippen LogP contribution in [0.3, 0.4) is 0 Å². The maximum atomic E-state index is 12.7. The molecule has 2 heterocycles. The molecule has 0 unspecified atom stereocenters. The van der Waals surface area contributed by atoms with E-state index in [1.807, 2.05) is 72.2 Å². The monoisotopic (exact) mass is 448 g/mol. The van der Waals surface area contributed by atoms with Gasteiger partial charge in [0.1, 0.15) is 11.5 Å². The summed E-state index contributed by atoms with van der Waals surface area (Å²) in [6, 6.07) is 19.5. The van der Waals surface area contributed by atoms with Gasteiger partial charge < -0.3 is 14.1 Å². The van der Waals surface area contributed by atoms with E-state index in [1.165, 1.54) is 11.8 Å². The fraction of sp³-hybridized carbons (Fsp3) is 0.208. The van der Waals surface area contributed by atoms with Gasteiger partial charge in [0.25, 0.3) is 0 Å². The molecule has 0 saturated carbocycles. The zero-order chi connectivity index (χ0) is 22.5. The highest BCUT2D eigenvalue weighted by Crippen LogP contribution is 2.33.